The fourth-order valence-electron chi connectivity index (χ4n) is 4.73. The monoisotopic (exact) mass is 544 g/mol. The zero-order valence-electron chi connectivity index (χ0n) is 21.3. The minimum Gasteiger partial charge on any atom is -0.454 e. The van der Waals surface area contributed by atoms with E-state index in [1.54, 1.807) is 6.07 Å². The fourth-order valence-corrected chi connectivity index (χ4v) is 4.73. The summed E-state index contributed by atoms with van der Waals surface area (Å²) in [4.78, 5) is 18.3. The first-order chi connectivity index (χ1) is 19.9. The highest BCUT2D eigenvalue weighted by Gasteiger charge is 2.31. The molecule has 7 rings (SSSR count). The van der Waals surface area contributed by atoms with Crippen molar-refractivity contribution in [3.8, 4) is 45.3 Å². The van der Waals surface area contributed by atoms with Gasteiger partial charge >= 0.3 is 6.18 Å². The molecule has 0 aliphatic rings. The van der Waals surface area contributed by atoms with Crippen LogP contribution in [-0.4, -0.2) is 19.9 Å². The number of aromatic nitrogens is 4. The second-order valence-electron chi connectivity index (χ2n) is 9.50. The van der Waals surface area contributed by atoms with Crippen LogP contribution in [0.3, 0.4) is 0 Å². The van der Waals surface area contributed by atoms with Crippen LogP contribution in [-0.2, 0) is 6.18 Å². The highest BCUT2D eigenvalue weighted by molar-refractivity contribution is 6.04. The number of hydrogen-bond donors (Lipinski definition) is 0. The van der Waals surface area contributed by atoms with E-state index in [-0.39, 0.29) is 5.58 Å². The molecule has 3 heterocycles. The second-order valence-corrected chi connectivity index (χ2v) is 9.50. The number of hydrogen-bond acceptors (Lipinski definition) is 5. The first-order valence-corrected chi connectivity index (χ1v) is 12.8. The van der Waals surface area contributed by atoms with Crippen molar-refractivity contribution in [3.05, 3.63) is 121 Å². The number of pyridine rings is 1. The van der Waals surface area contributed by atoms with Crippen LogP contribution in [0.4, 0.5) is 13.2 Å². The van der Waals surface area contributed by atoms with Crippen molar-refractivity contribution in [1.29, 1.82) is 0 Å². The van der Waals surface area contributed by atoms with Crippen molar-refractivity contribution in [2.75, 3.05) is 0 Å². The van der Waals surface area contributed by atoms with Crippen LogP contribution in [0.15, 0.2) is 120 Å². The number of alkyl halides is 3. The Morgan fingerprint density at radius 3 is 1.59 bits per heavy atom. The molecule has 0 N–H and O–H groups in total. The Labute approximate surface area is 232 Å². The summed E-state index contributed by atoms with van der Waals surface area (Å²) in [5.41, 5.74) is 4.50. The van der Waals surface area contributed by atoms with Gasteiger partial charge in [0, 0.05) is 28.3 Å². The third-order valence-corrected chi connectivity index (χ3v) is 6.81. The van der Waals surface area contributed by atoms with Gasteiger partial charge in [0.15, 0.2) is 23.1 Å². The number of fused-ring (bicyclic) bond motifs is 3. The van der Waals surface area contributed by atoms with E-state index in [1.165, 1.54) is 0 Å². The molecule has 3 aromatic heterocycles. The molecule has 0 fully saturated rings. The molecule has 4 aromatic carbocycles. The van der Waals surface area contributed by atoms with Gasteiger partial charge in [0.1, 0.15) is 11.1 Å². The Balaban J connectivity index is 1.27. The van der Waals surface area contributed by atoms with Crippen LogP contribution in [0, 0.1) is 0 Å². The predicted octanol–water partition coefficient (Wildman–Crippen LogP) is 8.85. The van der Waals surface area contributed by atoms with E-state index in [4.69, 9.17) is 19.4 Å². The quantitative estimate of drug-likeness (QED) is 0.221. The summed E-state index contributed by atoms with van der Waals surface area (Å²) in [6, 6.07) is 33.8. The zero-order valence-corrected chi connectivity index (χ0v) is 21.3. The molecule has 0 bridgehead atoms. The Morgan fingerprint density at radius 1 is 0.512 bits per heavy atom. The van der Waals surface area contributed by atoms with Gasteiger partial charge in [-0.05, 0) is 29.3 Å². The first kappa shape index (κ1) is 24.7. The molecule has 0 aliphatic carbocycles. The van der Waals surface area contributed by atoms with Gasteiger partial charge in [-0.1, -0.05) is 91.0 Å². The first-order valence-electron chi connectivity index (χ1n) is 12.8. The molecule has 0 amide bonds. The Bertz CT molecular complexity index is 1960. The van der Waals surface area contributed by atoms with Gasteiger partial charge in [0.2, 0.25) is 0 Å². The number of furan rings is 1. The molecule has 0 saturated carbocycles. The van der Waals surface area contributed by atoms with Crippen LogP contribution < -0.4 is 0 Å². The topological polar surface area (TPSA) is 64.7 Å². The van der Waals surface area contributed by atoms with Crippen molar-refractivity contribution >= 4 is 22.1 Å². The van der Waals surface area contributed by atoms with Gasteiger partial charge in [0.25, 0.3) is 0 Å². The minimum atomic E-state index is -4.49. The van der Waals surface area contributed by atoms with E-state index in [1.807, 2.05) is 97.1 Å². The van der Waals surface area contributed by atoms with Crippen molar-refractivity contribution in [2.45, 2.75) is 6.18 Å². The molecule has 41 heavy (non-hydrogen) atoms. The summed E-state index contributed by atoms with van der Waals surface area (Å²) in [5.74, 6) is 1.71. The lowest BCUT2D eigenvalue weighted by Gasteiger charge is -2.09. The molecular formula is C33H19F3N4O. The van der Waals surface area contributed by atoms with E-state index in [9.17, 15) is 13.2 Å². The molecule has 0 radical (unpaired) electrons. The van der Waals surface area contributed by atoms with Gasteiger partial charge in [-0.25, -0.2) is 15.0 Å². The van der Waals surface area contributed by atoms with Crippen molar-refractivity contribution in [2.24, 2.45) is 0 Å². The maximum atomic E-state index is 13.1. The van der Waals surface area contributed by atoms with Gasteiger partial charge < -0.3 is 4.42 Å². The van der Waals surface area contributed by atoms with Crippen LogP contribution in [0.25, 0.3) is 67.4 Å². The predicted molar refractivity (Wildman–Crippen MR) is 152 cm³/mol. The lowest BCUT2D eigenvalue weighted by molar-refractivity contribution is -0.137. The van der Waals surface area contributed by atoms with E-state index < -0.39 is 11.7 Å². The Kier molecular flexibility index (Phi) is 5.82. The number of benzene rings is 4. The van der Waals surface area contributed by atoms with Crippen LogP contribution >= 0.6 is 0 Å². The van der Waals surface area contributed by atoms with Crippen LogP contribution in [0.5, 0.6) is 0 Å². The maximum absolute atomic E-state index is 13.1. The molecule has 5 nitrogen and oxygen atoms in total. The molecule has 0 aliphatic heterocycles. The van der Waals surface area contributed by atoms with Gasteiger partial charge in [-0.2, -0.15) is 13.2 Å². The molecular weight excluding hydrogens is 525 g/mol. The largest absolute Gasteiger partial charge is 0.454 e. The van der Waals surface area contributed by atoms with Crippen molar-refractivity contribution < 1.29 is 17.6 Å². The number of nitrogens with zero attached hydrogens (tertiary/aromatic N) is 4. The number of rotatable bonds is 4. The van der Waals surface area contributed by atoms with Crippen LogP contribution in [0.1, 0.15) is 5.56 Å². The lowest BCUT2D eigenvalue weighted by atomic mass is 10.0. The third-order valence-electron chi connectivity index (χ3n) is 6.81. The molecule has 0 atom stereocenters. The average molecular weight is 545 g/mol. The SMILES string of the molecule is FC(F)(F)c1cnc2c(c1)oc1ccc(-c3ccc(-c4nc(-c5ccccc5)nc(-c5ccccc5)n4)cc3)cc12. The van der Waals surface area contributed by atoms with E-state index in [0.29, 0.717) is 34.0 Å². The summed E-state index contributed by atoms with van der Waals surface area (Å²) in [7, 11) is 0. The average Bonchev–Trinajstić information content (AvgIpc) is 3.39. The van der Waals surface area contributed by atoms with Gasteiger partial charge in [-0.15, -0.1) is 0 Å². The summed E-state index contributed by atoms with van der Waals surface area (Å²) in [6.07, 6.45) is -3.66. The summed E-state index contributed by atoms with van der Waals surface area (Å²) in [6.45, 7) is 0. The summed E-state index contributed by atoms with van der Waals surface area (Å²) >= 11 is 0. The van der Waals surface area contributed by atoms with Crippen LogP contribution in [0.2, 0.25) is 0 Å². The fraction of sp³-hybridized carbons (Fsp3) is 0.0303. The minimum absolute atomic E-state index is 0.0978. The van der Waals surface area contributed by atoms with Gasteiger partial charge in [-0.3, -0.25) is 4.98 Å². The zero-order chi connectivity index (χ0) is 28.0. The molecule has 8 heteroatoms. The van der Waals surface area contributed by atoms with Crippen molar-refractivity contribution in [1.82, 2.24) is 19.9 Å². The summed E-state index contributed by atoms with van der Waals surface area (Å²) in [5, 5.41) is 0.646. The molecule has 0 spiro atoms. The lowest BCUT2D eigenvalue weighted by Crippen LogP contribution is -2.04. The van der Waals surface area contributed by atoms with E-state index in [2.05, 4.69) is 4.98 Å². The molecule has 0 saturated heterocycles. The highest BCUT2D eigenvalue weighted by Crippen LogP contribution is 2.36. The maximum Gasteiger partial charge on any atom is 0.418 e. The third kappa shape index (κ3) is 4.69. The van der Waals surface area contributed by atoms with Gasteiger partial charge in [0.05, 0.1) is 5.56 Å². The smallest absolute Gasteiger partial charge is 0.418 e. The van der Waals surface area contributed by atoms with E-state index in [0.717, 1.165) is 40.1 Å². The molecule has 198 valence electrons. The van der Waals surface area contributed by atoms with E-state index >= 15 is 0 Å². The summed E-state index contributed by atoms with van der Waals surface area (Å²) < 4.78 is 45.1. The second kappa shape index (κ2) is 9.67. The molecule has 7 aromatic rings. The Hall–Kier alpha value is -5.37. The normalized spacial score (nSPS) is 11.8. The molecule has 0 unspecified atom stereocenters. The number of halogens is 3. The highest BCUT2D eigenvalue weighted by atomic mass is 19.4. The standard InChI is InChI=1S/C33H19F3N4O/c34-33(35,36)25-18-28-29(37-19-25)26-17-24(15-16-27(26)41-28)20-11-13-23(14-12-20)32-39-30(21-7-3-1-4-8-21)38-31(40-32)22-9-5-2-6-10-22/h1-19H. The van der Waals surface area contributed by atoms with Crippen molar-refractivity contribution in [3.63, 3.8) is 0 Å². The Morgan fingerprint density at radius 2 is 1.02 bits per heavy atom.